The number of hydrogen-bond donors (Lipinski definition) is 3. The van der Waals surface area contributed by atoms with E-state index in [1.54, 1.807) is 120 Å². The molecule has 11 nitrogen and oxygen atoms in total. The van der Waals surface area contributed by atoms with Crippen LogP contribution in [-0.4, -0.2) is 74.8 Å². The molecule has 4 atom stereocenters. The molecule has 0 spiro atoms. The van der Waals surface area contributed by atoms with Gasteiger partial charge in [-0.2, -0.15) is 35.1 Å². The average Bonchev–Trinajstić information content (AvgIpc) is 0.765. The summed E-state index contributed by atoms with van der Waals surface area (Å²) in [5.74, 6) is -2.09. The standard InChI is InChI=1S/C28H27F6NO3S.C26H25F6NO3S.C6H9B3O3.CH2Cl2/c1-5-37-24-15-19(11-12-23(24)30)27(35-39(36)26(2,3)4,17-18-9-7-6-8-10-18)20-13-21(29)16-22(14-20)38-28(33,34)25(31)32;1-24(2,3)37(35)33-25(15-16-7-5-4-6-8-16,17-9-10-21(28)22(34)13-17)18-11-19(27)14-20(12-18)36-26(31,32)23(29)30;1-4-7-10-8(5-2)12-9(6-3)11-7;2-1-3/h5-16,25,35H,1,17H2,2-4H3;4-14,23,33-34H,15H2,1-3H3;4-6H,1-3H2;1H2/t27-,39+;25-,37+;;/m11../s1. The predicted molar refractivity (Wildman–Crippen MR) is 333 cm³/mol. The molecular weight excluding hydrogens is 1300 g/mol. The summed E-state index contributed by atoms with van der Waals surface area (Å²) < 4.78 is 225. The van der Waals surface area contributed by atoms with E-state index in [4.69, 9.17) is 41.7 Å². The monoisotopic (exact) mass is 1360 g/mol. The van der Waals surface area contributed by atoms with Crippen molar-refractivity contribution >= 4 is 66.5 Å². The van der Waals surface area contributed by atoms with Crippen LogP contribution in [0.1, 0.15) is 74.9 Å². The Kier molecular flexibility index (Phi) is 28.7. The largest absolute Gasteiger partial charge is 0.505 e. The average molecular weight is 1360 g/mol. The first-order chi connectivity index (χ1) is 42.5. The molecule has 1 fully saturated rings. The second-order valence-corrected chi connectivity index (χ2v) is 26.0. The zero-order valence-electron chi connectivity index (χ0n) is 49.7. The third-order valence-corrected chi connectivity index (χ3v) is 15.8. The van der Waals surface area contributed by atoms with E-state index in [1.165, 1.54) is 18.2 Å². The number of ether oxygens (including phenoxy) is 3. The molecule has 0 saturated carbocycles. The number of phenolic OH excluding ortho intramolecular Hbond substituents is 1. The van der Waals surface area contributed by atoms with E-state index in [0.29, 0.717) is 23.3 Å². The van der Waals surface area contributed by atoms with E-state index in [-0.39, 0.29) is 46.2 Å². The van der Waals surface area contributed by atoms with E-state index in [2.05, 4.69) is 45.2 Å². The van der Waals surface area contributed by atoms with Crippen LogP contribution < -0.4 is 23.7 Å². The summed E-state index contributed by atoms with van der Waals surface area (Å²) in [5.41, 5.74) is -2.10. The van der Waals surface area contributed by atoms with Gasteiger partial charge in [0, 0.05) is 12.1 Å². The normalized spacial score (nSPS) is 14.8. The second kappa shape index (κ2) is 33.9. The summed E-state index contributed by atoms with van der Waals surface area (Å²) in [4.78, 5) is 0. The van der Waals surface area contributed by atoms with Crippen LogP contribution in [0.3, 0.4) is 0 Å². The molecule has 490 valence electrons. The highest BCUT2D eigenvalue weighted by molar-refractivity contribution is 7.84. The summed E-state index contributed by atoms with van der Waals surface area (Å²) in [6, 6.07) is 28.9. The van der Waals surface area contributed by atoms with Crippen molar-refractivity contribution in [2.24, 2.45) is 0 Å². The molecule has 7 rings (SSSR count). The number of rotatable bonds is 23. The van der Waals surface area contributed by atoms with Crippen LogP contribution in [0.2, 0.25) is 0 Å². The van der Waals surface area contributed by atoms with E-state index >= 15 is 0 Å². The molecule has 6 aromatic carbocycles. The van der Waals surface area contributed by atoms with Crippen molar-refractivity contribution < 1.29 is 94.1 Å². The summed E-state index contributed by atoms with van der Waals surface area (Å²) in [6.45, 7) is 24.0. The molecule has 0 amide bonds. The predicted octanol–water partition coefficient (Wildman–Crippen LogP) is 15.8. The lowest BCUT2D eigenvalue weighted by molar-refractivity contribution is -0.253. The minimum absolute atomic E-state index is 0.0526. The molecule has 0 aliphatic carbocycles. The molecule has 1 aliphatic rings. The zero-order chi connectivity index (χ0) is 68.3. The maximum Gasteiger partial charge on any atom is 0.461 e. The molecule has 30 heteroatoms. The smallest absolute Gasteiger partial charge is 0.461 e. The van der Waals surface area contributed by atoms with Gasteiger partial charge >= 0.3 is 46.4 Å². The third-order valence-electron chi connectivity index (χ3n) is 12.5. The first kappa shape index (κ1) is 77.0. The Hall–Kier alpha value is -6.49. The molecular formula is C61H63B3Cl2F12N2O9S2. The molecule has 1 heterocycles. The third kappa shape index (κ3) is 22.1. The van der Waals surface area contributed by atoms with Gasteiger partial charge in [-0.25, -0.2) is 35.4 Å². The highest BCUT2D eigenvalue weighted by atomic mass is 35.5. The molecule has 91 heavy (non-hydrogen) atoms. The Morgan fingerprint density at radius 3 is 1.21 bits per heavy atom. The fraction of sp³-hybridized carbons (Fsp3) is 0.279. The van der Waals surface area contributed by atoms with Gasteiger partial charge in [-0.3, -0.25) is 0 Å². The van der Waals surface area contributed by atoms with Crippen molar-refractivity contribution in [1.29, 1.82) is 0 Å². The van der Waals surface area contributed by atoms with Gasteiger partial charge in [0.2, 0.25) is 0 Å². The molecule has 0 aromatic heterocycles. The van der Waals surface area contributed by atoms with Crippen LogP contribution >= 0.6 is 23.2 Å². The molecule has 1 saturated heterocycles. The van der Waals surface area contributed by atoms with Crippen molar-refractivity contribution in [2.75, 3.05) is 5.34 Å². The number of alkyl halides is 10. The number of phenols is 1. The van der Waals surface area contributed by atoms with Gasteiger partial charge in [0.1, 0.15) is 23.1 Å². The van der Waals surface area contributed by atoms with Crippen molar-refractivity contribution in [3.05, 3.63) is 241 Å². The van der Waals surface area contributed by atoms with Gasteiger partial charge < -0.3 is 33.0 Å². The number of aromatic hydroxyl groups is 1. The van der Waals surface area contributed by atoms with Crippen molar-refractivity contribution in [2.45, 2.75) is 100 Å². The Morgan fingerprint density at radius 1 is 0.538 bits per heavy atom. The summed E-state index contributed by atoms with van der Waals surface area (Å²) >= 11 is 9.53. The van der Waals surface area contributed by atoms with Crippen LogP contribution in [0.5, 0.6) is 23.0 Å². The zero-order valence-corrected chi connectivity index (χ0v) is 52.8. The summed E-state index contributed by atoms with van der Waals surface area (Å²) in [6.07, 6.45) is -17.3. The van der Waals surface area contributed by atoms with Crippen molar-refractivity contribution in [3.63, 3.8) is 0 Å². The van der Waals surface area contributed by atoms with Crippen molar-refractivity contribution in [3.8, 4) is 23.0 Å². The summed E-state index contributed by atoms with van der Waals surface area (Å²) in [7, 11) is -5.12. The SMILES string of the molecule is C=CB1OB(C=C)OB(C=C)O1.C=COc1cc([C@@](Cc2ccccc2)(N[S@@](=O)C(C)(C)C)c2cc(F)cc(OC(F)(F)C(F)F)c2)ccc1F.CC(C)(C)[S@](=O)N[C@@](Cc1ccccc1)(c1cc(F)cc(OC(F)(F)C(F)F)c1)c1ccc(F)c(O)c1.ClCCl. The Morgan fingerprint density at radius 2 is 0.890 bits per heavy atom. The van der Waals surface area contributed by atoms with Crippen LogP contribution in [0, 0.1) is 23.3 Å². The van der Waals surface area contributed by atoms with E-state index in [1.807, 2.05) is 0 Å². The van der Waals surface area contributed by atoms with Gasteiger partial charge in [-0.15, -0.1) is 42.9 Å². The highest BCUT2D eigenvalue weighted by Crippen LogP contribution is 2.43. The van der Waals surface area contributed by atoms with E-state index < -0.39 is 129 Å². The lowest BCUT2D eigenvalue weighted by atomic mass is 9.70. The van der Waals surface area contributed by atoms with Crippen LogP contribution in [0.4, 0.5) is 52.7 Å². The quantitative estimate of drug-likeness (QED) is 0.0248. The van der Waals surface area contributed by atoms with Crippen LogP contribution in [0.15, 0.2) is 184 Å². The van der Waals surface area contributed by atoms with Gasteiger partial charge in [0.05, 0.1) is 54.1 Å². The van der Waals surface area contributed by atoms with Gasteiger partial charge in [-0.05, 0) is 136 Å². The lowest BCUT2D eigenvalue weighted by Gasteiger charge is -2.38. The molecule has 0 bridgehead atoms. The lowest BCUT2D eigenvalue weighted by Crippen LogP contribution is -2.50. The van der Waals surface area contributed by atoms with Crippen molar-refractivity contribution in [1.82, 2.24) is 9.44 Å². The molecule has 0 radical (unpaired) electrons. The number of nitrogens with one attached hydrogen (secondary N) is 2. The molecule has 0 unspecified atom stereocenters. The number of hydrogen-bond acceptors (Lipinski definition) is 9. The molecule has 1 aliphatic heterocycles. The highest BCUT2D eigenvalue weighted by Gasteiger charge is 2.47. The fourth-order valence-electron chi connectivity index (χ4n) is 8.17. The van der Waals surface area contributed by atoms with Crippen LogP contribution in [-0.2, 0) is 59.6 Å². The van der Waals surface area contributed by atoms with E-state index in [0.717, 1.165) is 48.7 Å². The minimum atomic E-state index is -4.91. The topological polar surface area (TPSA) is 134 Å². The molecule has 3 N–H and O–H groups in total. The van der Waals surface area contributed by atoms with Gasteiger partial charge in [-0.1, -0.05) is 97.3 Å². The van der Waals surface area contributed by atoms with Gasteiger partial charge in [0.25, 0.3) is 0 Å². The maximum atomic E-state index is 14.9. The fourth-order valence-corrected chi connectivity index (χ4v) is 10.0. The maximum absolute atomic E-state index is 14.9. The Bertz CT molecular complexity index is 3400. The first-order valence-electron chi connectivity index (χ1n) is 26.8. The summed E-state index contributed by atoms with van der Waals surface area (Å²) in [5, 5.41) is 10.3. The number of halogens is 14. The Labute approximate surface area is 536 Å². The molecule has 6 aromatic rings. The van der Waals surface area contributed by atoms with E-state index in [9.17, 15) is 66.2 Å². The Balaban J connectivity index is 0.000000317. The number of benzene rings is 6. The van der Waals surface area contributed by atoms with Crippen LogP contribution in [0.25, 0.3) is 0 Å². The first-order valence-corrected chi connectivity index (χ1v) is 30.2. The van der Waals surface area contributed by atoms with Gasteiger partial charge in [0.15, 0.2) is 23.1 Å². The second-order valence-electron chi connectivity index (χ2n) is 21.3. The minimum Gasteiger partial charge on any atom is -0.505 e.